The largest absolute Gasteiger partial charge is 0.443 e. The molecule has 30 heavy (non-hydrogen) atoms. The summed E-state index contributed by atoms with van der Waals surface area (Å²) in [5.74, 6) is 0.876. The monoisotopic (exact) mass is 420 g/mol. The van der Waals surface area contributed by atoms with Crippen LogP contribution in [0.2, 0.25) is 0 Å². The molecule has 0 bridgehead atoms. The lowest BCUT2D eigenvalue weighted by atomic mass is 10.1. The van der Waals surface area contributed by atoms with Gasteiger partial charge >= 0.3 is 5.69 Å². The molecule has 0 saturated carbocycles. The summed E-state index contributed by atoms with van der Waals surface area (Å²) in [7, 11) is 0. The van der Waals surface area contributed by atoms with Crippen molar-refractivity contribution in [3.05, 3.63) is 28.5 Å². The van der Waals surface area contributed by atoms with E-state index < -0.39 is 0 Å². The molecule has 1 aliphatic rings. The van der Waals surface area contributed by atoms with E-state index in [1.54, 1.807) is 6.20 Å². The Morgan fingerprint density at radius 2 is 1.90 bits per heavy atom. The van der Waals surface area contributed by atoms with Crippen LogP contribution in [0.5, 0.6) is 0 Å². The van der Waals surface area contributed by atoms with Gasteiger partial charge in [-0.25, -0.2) is 4.79 Å². The molecule has 168 valence electrons. The number of rotatable bonds is 13. The predicted molar refractivity (Wildman–Crippen MR) is 116 cm³/mol. The quantitative estimate of drug-likeness (QED) is 0.485. The first-order chi connectivity index (χ1) is 14.6. The van der Waals surface area contributed by atoms with Crippen LogP contribution in [0.3, 0.4) is 0 Å². The van der Waals surface area contributed by atoms with E-state index in [0.29, 0.717) is 18.2 Å². The number of unbranched alkanes of at least 4 members (excludes halogenated alkanes) is 6. The van der Waals surface area contributed by atoms with Gasteiger partial charge in [-0.15, -0.1) is 0 Å². The Kier molecular flexibility index (Phi) is 8.90. The smallest absolute Gasteiger partial charge is 0.353 e. The van der Waals surface area contributed by atoms with Gasteiger partial charge in [-0.2, -0.15) is 4.98 Å². The van der Waals surface area contributed by atoms with E-state index in [9.17, 15) is 9.90 Å². The number of furan rings is 1. The molecular formula is C23H36N2O5. The highest BCUT2D eigenvalue weighted by atomic mass is 16.5. The summed E-state index contributed by atoms with van der Waals surface area (Å²) in [6.07, 6.45) is 12.3. The van der Waals surface area contributed by atoms with Crippen LogP contribution in [-0.4, -0.2) is 40.1 Å². The fourth-order valence-corrected chi connectivity index (χ4v) is 3.94. The lowest BCUT2D eigenvalue weighted by molar-refractivity contribution is -0.0243. The molecule has 7 heteroatoms. The second-order valence-corrected chi connectivity index (χ2v) is 8.52. The van der Waals surface area contributed by atoms with E-state index >= 15 is 0 Å². The standard InChI is InChI=1S/C23H36N2O5/c1-17(2)28-13-9-7-5-3-4-6-8-10-19-14-18-15-25(23(27)24-22(18)30-19)21-12-11-20(16-26)29-21/h14-15,17,20-21,26H,3-13,16H2,1-2H3/t20-,21+/m1/s1. The first-order valence-electron chi connectivity index (χ1n) is 11.5. The van der Waals surface area contributed by atoms with Crippen molar-refractivity contribution in [1.29, 1.82) is 0 Å². The highest BCUT2D eigenvalue weighted by Crippen LogP contribution is 2.28. The Balaban J connectivity index is 1.39. The van der Waals surface area contributed by atoms with Crippen LogP contribution in [0.1, 0.15) is 83.6 Å². The maximum Gasteiger partial charge on any atom is 0.353 e. The number of aromatic nitrogens is 2. The highest BCUT2D eigenvalue weighted by molar-refractivity contribution is 5.72. The molecule has 1 saturated heterocycles. The third-order valence-corrected chi connectivity index (χ3v) is 5.61. The van der Waals surface area contributed by atoms with Crippen LogP contribution in [-0.2, 0) is 15.9 Å². The Morgan fingerprint density at radius 1 is 1.17 bits per heavy atom. The summed E-state index contributed by atoms with van der Waals surface area (Å²) in [5.41, 5.74) is 0.0253. The second kappa shape index (κ2) is 11.6. The molecule has 0 aliphatic carbocycles. The van der Waals surface area contributed by atoms with Crippen molar-refractivity contribution in [3.8, 4) is 0 Å². The van der Waals surface area contributed by atoms with E-state index in [1.165, 1.54) is 36.7 Å². The number of hydrogen-bond donors (Lipinski definition) is 1. The maximum atomic E-state index is 12.3. The minimum absolute atomic E-state index is 0.0245. The maximum absolute atomic E-state index is 12.3. The van der Waals surface area contributed by atoms with Gasteiger partial charge in [-0.3, -0.25) is 4.57 Å². The molecule has 0 spiro atoms. The van der Waals surface area contributed by atoms with Crippen LogP contribution in [0.4, 0.5) is 0 Å². The topological polar surface area (TPSA) is 86.7 Å². The van der Waals surface area contributed by atoms with E-state index in [1.807, 2.05) is 6.07 Å². The Hall–Kier alpha value is -1.70. The van der Waals surface area contributed by atoms with Crippen LogP contribution in [0, 0.1) is 0 Å². The minimum Gasteiger partial charge on any atom is -0.443 e. The van der Waals surface area contributed by atoms with Gasteiger partial charge in [0.2, 0.25) is 5.71 Å². The number of ether oxygens (including phenoxy) is 2. The number of fused-ring (bicyclic) bond motifs is 1. The van der Waals surface area contributed by atoms with E-state index in [2.05, 4.69) is 18.8 Å². The molecular weight excluding hydrogens is 384 g/mol. The molecule has 0 amide bonds. The van der Waals surface area contributed by atoms with E-state index in [0.717, 1.165) is 43.4 Å². The molecule has 2 aromatic heterocycles. The summed E-state index contributed by atoms with van der Waals surface area (Å²) >= 11 is 0. The van der Waals surface area contributed by atoms with Crippen molar-refractivity contribution in [3.63, 3.8) is 0 Å². The zero-order valence-electron chi connectivity index (χ0n) is 18.3. The van der Waals surface area contributed by atoms with Gasteiger partial charge in [0.25, 0.3) is 0 Å². The number of aliphatic hydroxyl groups excluding tert-OH is 1. The second-order valence-electron chi connectivity index (χ2n) is 8.52. The fraction of sp³-hybridized carbons (Fsp3) is 0.739. The van der Waals surface area contributed by atoms with Crippen molar-refractivity contribution in [2.75, 3.05) is 13.2 Å². The Morgan fingerprint density at radius 3 is 2.60 bits per heavy atom. The SMILES string of the molecule is CC(C)OCCCCCCCCCc1cc2cn([C@@H]3CC[C@H](CO)O3)c(=O)nc2o1. The van der Waals surface area contributed by atoms with Crippen LogP contribution >= 0.6 is 0 Å². The van der Waals surface area contributed by atoms with Gasteiger partial charge in [0.1, 0.15) is 12.0 Å². The predicted octanol–water partition coefficient (Wildman–Crippen LogP) is 4.36. The molecule has 2 aromatic rings. The molecule has 1 N–H and O–H groups in total. The molecule has 2 atom stereocenters. The lowest BCUT2D eigenvalue weighted by Crippen LogP contribution is -2.27. The van der Waals surface area contributed by atoms with Crippen molar-refractivity contribution in [1.82, 2.24) is 9.55 Å². The van der Waals surface area contributed by atoms with Gasteiger partial charge < -0.3 is 19.0 Å². The zero-order chi connectivity index (χ0) is 21.3. The molecule has 0 aromatic carbocycles. The molecule has 1 fully saturated rings. The van der Waals surface area contributed by atoms with E-state index in [4.69, 9.17) is 13.9 Å². The van der Waals surface area contributed by atoms with Crippen LogP contribution in [0.25, 0.3) is 11.1 Å². The average molecular weight is 421 g/mol. The highest BCUT2D eigenvalue weighted by Gasteiger charge is 2.27. The number of nitrogens with zero attached hydrogens (tertiary/aromatic N) is 2. The van der Waals surface area contributed by atoms with Crippen LogP contribution < -0.4 is 5.69 Å². The van der Waals surface area contributed by atoms with Crippen LogP contribution in [0.15, 0.2) is 21.5 Å². The molecule has 7 nitrogen and oxygen atoms in total. The van der Waals surface area contributed by atoms with Gasteiger partial charge in [-0.05, 0) is 45.6 Å². The minimum atomic E-state index is -0.370. The van der Waals surface area contributed by atoms with Crippen molar-refractivity contribution >= 4 is 11.1 Å². The molecule has 3 heterocycles. The summed E-state index contributed by atoms with van der Waals surface area (Å²) in [6, 6.07) is 1.98. The average Bonchev–Trinajstić information content (AvgIpc) is 3.34. The summed E-state index contributed by atoms with van der Waals surface area (Å²) < 4.78 is 18.6. The number of hydrogen-bond acceptors (Lipinski definition) is 6. The Bertz CT molecular complexity index is 829. The Labute approximate surface area is 178 Å². The van der Waals surface area contributed by atoms with Crippen molar-refractivity contribution in [2.45, 2.75) is 96.5 Å². The molecule has 0 unspecified atom stereocenters. The molecule has 3 rings (SSSR count). The number of aliphatic hydroxyl groups is 1. The summed E-state index contributed by atoms with van der Waals surface area (Å²) in [4.78, 5) is 16.4. The third-order valence-electron chi connectivity index (χ3n) is 5.61. The zero-order valence-corrected chi connectivity index (χ0v) is 18.3. The van der Waals surface area contributed by atoms with Gasteiger partial charge in [0.15, 0.2) is 0 Å². The van der Waals surface area contributed by atoms with Gasteiger partial charge in [0.05, 0.1) is 24.2 Å². The fourth-order valence-electron chi connectivity index (χ4n) is 3.94. The molecule has 0 radical (unpaired) electrons. The number of aryl methyl sites for hydroxylation is 1. The lowest BCUT2D eigenvalue weighted by Gasteiger charge is -2.14. The normalized spacial score (nSPS) is 19.3. The van der Waals surface area contributed by atoms with Gasteiger partial charge in [-0.1, -0.05) is 32.1 Å². The van der Waals surface area contributed by atoms with Gasteiger partial charge in [0, 0.05) is 19.2 Å². The first kappa shape index (κ1) is 23.0. The third kappa shape index (κ3) is 6.65. The molecule has 1 aliphatic heterocycles. The van der Waals surface area contributed by atoms with E-state index in [-0.39, 0.29) is 24.6 Å². The van der Waals surface area contributed by atoms with Crippen molar-refractivity contribution in [2.24, 2.45) is 0 Å². The first-order valence-corrected chi connectivity index (χ1v) is 11.5. The summed E-state index contributed by atoms with van der Waals surface area (Å²) in [5, 5.41) is 10.1. The summed E-state index contributed by atoms with van der Waals surface area (Å²) in [6.45, 7) is 5.00. The van der Waals surface area contributed by atoms with Crippen molar-refractivity contribution < 1.29 is 19.0 Å².